The van der Waals surface area contributed by atoms with Gasteiger partial charge in [-0.15, -0.1) is 0 Å². The summed E-state index contributed by atoms with van der Waals surface area (Å²) in [6.07, 6.45) is 3.46. The maximum Gasteiger partial charge on any atom is 0.339 e. The zero-order chi connectivity index (χ0) is 33.2. The topological polar surface area (TPSA) is 96.0 Å². The molecule has 0 saturated heterocycles. The summed E-state index contributed by atoms with van der Waals surface area (Å²) in [5, 5.41) is 3.51. The fraction of sp³-hybridized carbons (Fsp3) is 0.324. The van der Waals surface area contributed by atoms with Crippen molar-refractivity contribution in [2.75, 3.05) is 33.3 Å². The highest BCUT2D eigenvalue weighted by atomic mass is 79.9. The highest BCUT2D eigenvalue weighted by molar-refractivity contribution is 9.10. The molecule has 0 radical (unpaired) electrons. The van der Waals surface area contributed by atoms with Gasteiger partial charge in [-0.05, 0) is 106 Å². The van der Waals surface area contributed by atoms with E-state index in [0.717, 1.165) is 38.9 Å². The van der Waals surface area contributed by atoms with Crippen molar-refractivity contribution in [2.45, 2.75) is 40.5 Å². The number of para-hydroxylation sites is 1. The molecule has 4 aromatic rings. The molecule has 8 nitrogen and oxygen atoms in total. The van der Waals surface area contributed by atoms with Crippen LogP contribution in [-0.2, 0) is 16.0 Å². The summed E-state index contributed by atoms with van der Waals surface area (Å²) in [5.74, 6) is 0.810. The number of hydrogen-bond acceptors (Lipinski definition) is 7. The standard InChI is InChI=1S/C37H39BrN2O6/c1-21-12-13-29(27(38)14-21)39-32(41)20-46-36(42)33-25-10-8-9-11-28(25)40-34-23(18-24(19-26(33)34)37(2,3)4)15-22-16-30(43-5)35(45-7)31(17-22)44-6/h8-17,24H,18-20H2,1-7H3,(H,39,41)/b23-15+. The first-order valence-electron chi connectivity index (χ1n) is 15.1. The highest BCUT2D eigenvalue weighted by Gasteiger charge is 2.35. The first-order chi connectivity index (χ1) is 21.9. The number of rotatable bonds is 8. The second-order valence-electron chi connectivity index (χ2n) is 12.5. The molecule has 9 heteroatoms. The maximum atomic E-state index is 14.0. The zero-order valence-corrected chi connectivity index (χ0v) is 28.8. The predicted molar refractivity (Wildman–Crippen MR) is 185 cm³/mol. The van der Waals surface area contributed by atoms with Crippen LogP contribution >= 0.6 is 15.9 Å². The van der Waals surface area contributed by atoms with Crippen LogP contribution in [0, 0.1) is 18.3 Å². The maximum absolute atomic E-state index is 14.0. The summed E-state index contributed by atoms with van der Waals surface area (Å²) >= 11 is 3.48. The van der Waals surface area contributed by atoms with Gasteiger partial charge in [0.15, 0.2) is 18.1 Å². The Bertz CT molecular complexity index is 1820. The summed E-state index contributed by atoms with van der Waals surface area (Å²) in [6, 6.07) is 17.0. The van der Waals surface area contributed by atoms with Gasteiger partial charge in [-0.1, -0.05) is 45.0 Å². The van der Waals surface area contributed by atoms with Gasteiger partial charge < -0.3 is 24.3 Å². The number of amides is 1. The third kappa shape index (κ3) is 6.89. The molecule has 46 heavy (non-hydrogen) atoms. The Hall–Kier alpha value is -4.37. The van der Waals surface area contributed by atoms with Gasteiger partial charge in [0.05, 0.1) is 43.8 Å². The molecule has 0 bridgehead atoms. The summed E-state index contributed by atoms with van der Waals surface area (Å²) < 4.78 is 23.2. The van der Waals surface area contributed by atoms with Crippen molar-refractivity contribution in [3.05, 3.63) is 87.0 Å². The molecule has 5 rings (SSSR count). The number of allylic oxidation sites excluding steroid dienone is 1. The van der Waals surface area contributed by atoms with Crippen molar-refractivity contribution in [2.24, 2.45) is 11.3 Å². The number of aryl methyl sites for hydroxylation is 1. The third-order valence-electron chi connectivity index (χ3n) is 8.40. The smallest absolute Gasteiger partial charge is 0.339 e. The zero-order valence-electron chi connectivity index (χ0n) is 27.2. The summed E-state index contributed by atoms with van der Waals surface area (Å²) in [7, 11) is 4.75. The number of pyridine rings is 1. The molecule has 1 aliphatic carbocycles. The number of aromatic nitrogens is 1. The van der Waals surface area contributed by atoms with Crippen LogP contribution in [0.4, 0.5) is 5.69 Å². The minimum Gasteiger partial charge on any atom is -0.493 e. The number of carbonyl (C=O) groups is 2. The Morgan fingerprint density at radius 3 is 2.30 bits per heavy atom. The number of carbonyl (C=O) groups excluding carboxylic acids is 2. The fourth-order valence-electron chi connectivity index (χ4n) is 5.87. The predicted octanol–water partition coefficient (Wildman–Crippen LogP) is 8.28. The molecule has 1 amide bonds. The van der Waals surface area contributed by atoms with E-state index in [1.807, 2.05) is 55.5 Å². The van der Waals surface area contributed by atoms with Crippen LogP contribution in [0.1, 0.15) is 59.9 Å². The van der Waals surface area contributed by atoms with Gasteiger partial charge in [0, 0.05) is 9.86 Å². The number of methoxy groups -OCH3 is 3. The van der Waals surface area contributed by atoms with Crippen molar-refractivity contribution < 1.29 is 28.5 Å². The van der Waals surface area contributed by atoms with Gasteiger partial charge in [0.2, 0.25) is 5.75 Å². The van der Waals surface area contributed by atoms with Gasteiger partial charge in [-0.25, -0.2) is 9.78 Å². The lowest BCUT2D eigenvalue weighted by molar-refractivity contribution is -0.119. The van der Waals surface area contributed by atoms with E-state index < -0.39 is 18.5 Å². The normalized spacial score (nSPS) is 15.3. The number of esters is 1. The minimum absolute atomic E-state index is 0.0692. The number of fused-ring (bicyclic) bond motifs is 2. The Morgan fingerprint density at radius 2 is 1.67 bits per heavy atom. The van der Waals surface area contributed by atoms with E-state index in [2.05, 4.69) is 48.1 Å². The average Bonchev–Trinajstić information content (AvgIpc) is 3.02. The third-order valence-corrected chi connectivity index (χ3v) is 9.06. The van der Waals surface area contributed by atoms with E-state index in [1.54, 1.807) is 27.4 Å². The number of nitrogens with one attached hydrogen (secondary N) is 1. The van der Waals surface area contributed by atoms with Gasteiger partial charge >= 0.3 is 5.97 Å². The molecule has 3 aromatic carbocycles. The molecular formula is C37H39BrN2O6. The number of benzene rings is 3. The lowest BCUT2D eigenvalue weighted by Crippen LogP contribution is -2.29. The number of ether oxygens (including phenoxy) is 4. The first kappa shape index (κ1) is 33.0. The van der Waals surface area contributed by atoms with E-state index in [9.17, 15) is 9.59 Å². The van der Waals surface area contributed by atoms with Gasteiger partial charge in [-0.2, -0.15) is 0 Å². The van der Waals surface area contributed by atoms with Gasteiger partial charge in [-0.3, -0.25) is 4.79 Å². The lowest BCUT2D eigenvalue weighted by atomic mass is 9.69. The quantitative estimate of drug-likeness (QED) is 0.186. The van der Waals surface area contributed by atoms with Crippen LogP contribution in [0.5, 0.6) is 17.2 Å². The van der Waals surface area contributed by atoms with Crippen LogP contribution in [0.3, 0.4) is 0 Å². The molecule has 0 aliphatic heterocycles. The van der Waals surface area contributed by atoms with Crippen molar-refractivity contribution in [1.29, 1.82) is 0 Å². The lowest BCUT2D eigenvalue weighted by Gasteiger charge is -2.36. The minimum atomic E-state index is -0.560. The van der Waals surface area contributed by atoms with Crippen LogP contribution in [0.25, 0.3) is 22.6 Å². The Labute approximate surface area is 278 Å². The van der Waals surface area contributed by atoms with E-state index in [1.165, 1.54) is 0 Å². The molecule has 240 valence electrons. The van der Waals surface area contributed by atoms with Crippen molar-refractivity contribution in [1.82, 2.24) is 4.98 Å². The summed E-state index contributed by atoms with van der Waals surface area (Å²) in [6.45, 7) is 8.16. The van der Waals surface area contributed by atoms with Crippen LogP contribution in [-0.4, -0.2) is 44.8 Å². The molecule has 1 aromatic heterocycles. The SMILES string of the molecule is COc1cc(/C=C2\CC(C(C)(C)C)Cc3c2nc2ccccc2c3C(=O)OCC(=O)Nc2ccc(C)cc2Br)cc(OC)c1OC. The highest BCUT2D eigenvalue weighted by Crippen LogP contribution is 2.46. The average molecular weight is 688 g/mol. The number of anilines is 1. The molecule has 1 heterocycles. The van der Waals surface area contributed by atoms with Crippen molar-refractivity contribution in [3.63, 3.8) is 0 Å². The van der Waals surface area contributed by atoms with E-state index in [-0.39, 0.29) is 11.3 Å². The van der Waals surface area contributed by atoms with E-state index >= 15 is 0 Å². The molecule has 1 atom stereocenters. The second kappa shape index (κ2) is 13.5. The Balaban J connectivity index is 1.58. The van der Waals surface area contributed by atoms with Crippen LogP contribution in [0.2, 0.25) is 0 Å². The fourth-order valence-corrected chi connectivity index (χ4v) is 6.46. The molecule has 1 aliphatic rings. The molecule has 0 spiro atoms. The second-order valence-corrected chi connectivity index (χ2v) is 13.4. The van der Waals surface area contributed by atoms with Gasteiger partial charge in [0.25, 0.3) is 5.91 Å². The van der Waals surface area contributed by atoms with Gasteiger partial charge in [0.1, 0.15) is 0 Å². The Morgan fingerprint density at radius 1 is 0.978 bits per heavy atom. The molecule has 0 fully saturated rings. The summed E-state index contributed by atoms with van der Waals surface area (Å²) in [4.78, 5) is 31.9. The molecular weight excluding hydrogens is 648 g/mol. The van der Waals surface area contributed by atoms with Crippen LogP contribution in [0.15, 0.2) is 59.1 Å². The monoisotopic (exact) mass is 686 g/mol. The van der Waals surface area contributed by atoms with E-state index in [4.69, 9.17) is 23.9 Å². The molecule has 1 N–H and O–H groups in total. The van der Waals surface area contributed by atoms with Crippen LogP contribution < -0.4 is 19.5 Å². The Kier molecular flexibility index (Phi) is 9.72. The number of halogens is 1. The first-order valence-corrected chi connectivity index (χ1v) is 15.9. The van der Waals surface area contributed by atoms with Crippen molar-refractivity contribution in [3.8, 4) is 17.2 Å². The van der Waals surface area contributed by atoms with E-state index in [0.29, 0.717) is 45.8 Å². The number of nitrogens with zero attached hydrogens (tertiary/aromatic N) is 1. The largest absolute Gasteiger partial charge is 0.493 e. The number of hydrogen-bond donors (Lipinski definition) is 1. The molecule has 0 saturated carbocycles. The summed E-state index contributed by atoms with van der Waals surface area (Å²) in [5.41, 5.74) is 6.09. The van der Waals surface area contributed by atoms with Crippen molar-refractivity contribution >= 4 is 56.0 Å². The molecule has 1 unspecified atom stereocenters.